The number of rotatable bonds is 11. The van der Waals surface area contributed by atoms with Crippen LogP contribution in [0.25, 0.3) is 10.8 Å². The Morgan fingerprint density at radius 2 is 2.00 bits per heavy atom. The number of fused-ring (bicyclic) bond motifs is 1. The van der Waals surface area contributed by atoms with Crippen molar-refractivity contribution in [1.29, 1.82) is 0 Å². The summed E-state index contributed by atoms with van der Waals surface area (Å²) in [6.45, 7) is 0.454. The van der Waals surface area contributed by atoms with E-state index in [-0.39, 0.29) is 37.5 Å². The number of nitrogens with two attached hydrogens (primary N) is 1. The number of hydrogen-bond acceptors (Lipinski definition) is 7. The van der Waals surface area contributed by atoms with Crippen molar-refractivity contribution in [2.75, 3.05) is 31.6 Å². The number of anilines is 1. The topological polar surface area (TPSA) is 128 Å². The molecule has 1 aliphatic heterocycles. The van der Waals surface area contributed by atoms with Gasteiger partial charge in [-0.15, -0.1) is 0 Å². The molecular weight excluding hydrogens is 539 g/mol. The molecule has 0 spiro atoms. The summed E-state index contributed by atoms with van der Waals surface area (Å²) in [5.41, 5.74) is 7.73. The third kappa shape index (κ3) is 8.87. The van der Waals surface area contributed by atoms with Crippen LogP contribution < -0.4 is 21.7 Å². The molecule has 3 atom stereocenters. The number of hydrogen-bond donors (Lipinski definition) is 4. The number of pyridine rings is 1. The molecule has 41 heavy (non-hydrogen) atoms. The maximum Gasteiger partial charge on any atom is 0.407 e. The van der Waals surface area contributed by atoms with Gasteiger partial charge in [0, 0.05) is 19.0 Å². The third-order valence-corrected chi connectivity index (χ3v) is 6.76. The molecule has 1 fully saturated rings. The summed E-state index contributed by atoms with van der Waals surface area (Å²) in [5.74, 6) is -4.03. The van der Waals surface area contributed by atoms with E-state index in [2.05, 4.69) is 15.6 Å². The van der Waals surface area contributed by atoms with Crippen LogP contribution >= 0.6 is 0 Å². The molecule has 1 aromatic heterocycles. The highest BCUT2D eigenvalue weighted by molar-refractivity contribution is 5.96. The smallest absolute Gasteiger partial charge is 0.407 e. The van der Waals surface area contributed by atoms with Crippen molar-refractivity contribution in [3.05, 3.63) is 71.8 Å². The SMILES string of the molecule is CC(F)(F)CNC(=O)OC[C@@H]1CO[C@H](CCc2c(F)cncc2NC(=O)[C@@H](N)Cc2cccc3ccccc23)CN1. The van der Waals surface area contributed by atoms with Gasteiger partial charge in [-0.2, -0.15) is 0 Å². The van der Waals surface area contributed by atoms with E-state index in [4.69, 9.17) is 15.2 Å². The number of nitrogens with zero attached hydrogens (tertiary/aromatic N) is 1. The first-order chi connectivity index (χ1) is 19.6. The van der Waals surface area contributed by atoms with Gasteiger partial charge in [0.15, 0.2) is 0 Å². The first-order valence-electron chi connectivity index (χ1n) is 13.4. The molecule has 2 aromatic carbocycles. The zero-order valence-corrected chi connectivity index (χ0v) is 22.7. The van der Waals surface area contributed by atoms with Gasteiger partial charge in [-0.25, -0.2) is 18.0 Å². The highest BCUT2D eigenvalue weighted by Crippen LogP contribution is 2.23. The molecule has 9 nitrogen and oxygen atoms in total. The van der Waals surface area contributed by atoms with Crippen LogP contribution in [0.2, 0.25) is 0 Å². The minimum Gasteiger partial charge on any atom is -0.448 e. The van der Waals surface area contributed by atoms with E-state index < -0.39 is 36.3 Å². The quantitative estimate of drug-likeness (QED) is 0.276. The Bertz CT molecular complexity index is 1340. The van der Waals surface area contributed by atoms with E-state index in [0.717, 1.165) is 22.5 Å². The number of ether oxygens (including phenoxy) is 2. The summed E-state index contributed by atoms with van der Waals surface area (Å²) in [7, 11) is 0. The van der Waals surface area contributed by atoms with E-state index in [0.29, 0.717) is 31.9 Å². The van der Waals surface area contributed by atoms with Gasteiger partial charge in [-0.05, 0) is 35.6 Å². The lowest BCUT2D eigenvalue weighted by atomic mass is 9.98. The summed E-state index contributed by atoms with van der Waals surface area (Å²) in [4.78, 5) is 28.4. The van der Waals surface area contributed by atoms with Crippen molar-refractivity contribution in [2.45, 2.75) is 50.3 Å². The van der Waals surface area contributed by atoms with Gasteiger partial charge in [0.1, 0.15) is 12.4 Å². The summed E-state index contributed by atoms with van der Waals surface area (Å²) < 4.78 is 51.2. The van der Waals surface area contributed by atoms with E-state index >= 15 is 0 Å². The standard InChI is InChI=1S/C29H34F3N5O4/c1-29(31,32)17-36-28(39)41-16-20-15-40-21(12-35-20)9-10-23-24(30)13-34-14-26(23)37-27(38)25(33)11-19-7-4-6-18-5-2-3-8-22(18)19/h2-8,13-14,20-21,25,35H,9-12,15-17,33H2,1H3,(H,36,39)(H,37,38)/t20-,21+,25-/m0/s1. The number of alkyl carbamates (subject to hydrolysis) is 1. The number of carbonyl (C=O) groups is 2. The van der Waals surface area contributed by atoms with Crippen molar-refractivity contribution in [3.8, 4) is 0 Å². The summed E-state index contributed by atoms with van der Waals surface area (Å²) in [6.07, 6.45) is 2.31. The second-order valence-corrected chi connectivity index (χ2v) is 10.2. The molecule has 3 aromatic rings. The van der Waals surface area contributed by atoms with E-state index in [1.165, 1.54) is 6.20 Å². The first kappa shape index (κ1) is 30.2. The van der Waals surface area contributed by atoms with E-state index in [1.807, 2.05) is 47.8 Å². The van der Waals surface area contributed by atoms with Gasteiger partial charge in [0.25, 0.3) is 5.92 Å². The molecule has 0 unspecified atom stereocenters. The van der Waals surface area contributed by atoms with Crippen LogP contribution in [0.4, 0.5) is 23.7 Å². The summed E-state index contributed by atoms with van der Waals surface area (Å²) >= 11 is 0. The molecule has 0 aliphatic carbocycles. The second-order valence-electron chi connectivity index (χ2n) is 10.2. The Balaban J connectivity index is 1.26. The van der Waals surface area contributed by atoms with Crippen LogP contribution in [0, 0.1) is 5.82 Å². The largest absolute Gasteiger partial charge is 0.448 e. The predicted molar refractivity (Wildman–Crippen MR) is 148 cm³/mol. The van der Waals surface area contributed by atoms with Gasteiger partial charge in [-0.1, -0.05) is 42.5 Å². The number of alkyl halides is 2. The summed E-state index contributed by atoms with van der Waals surface area (Å²) in [5, 5.41) is 9.99. The Kier molecular flexibility index (Phi) is 10.1. The van der Waals surface area contributed by atoms with Gasteiger partial charge < -0.3 is 31.2 Å². The van der Waals surface area contributed by atoms with Crippen molar-refractivity contribution < 1.29 is 32.2 Å². The Morgan fingerprint density at radius 1 is 1.22 bits per heavy atom. The molecule has 1 aliphatic rings. The van der Waals surface area contributed by atoms with Gasteiger partial charge in [-0.3, -0.25) is 9.78 Å². The minimum atomic E-state index is -3.03. The molecule has 220 valence electrons. The number of nitrogens with one attached hydrogen (secondary N) is 3. The Labute approximate surface area is 236 Å². The fraction of sp³-hybridized carbons (Fsp3) is 0.414. The molecule has 4 rings (SSSR count). The lowest BCUT2D eigenvalue weighted by Gasteiger charge is -2.30. The normalized spacial score (nSPS) is 18.1. The average Bonchev–Trinajstić information content (AvgIpc) is 2.95. The lowest BCUT2D eigenvalue weighted by molar-refractivity contribution is -0.117. The van der Waals surface area contributed by atoms with E-state index in [9.17, 15) is 22.8 Å². The molecule has 5 N–H and O–H groups in total. The first-order valence-corrected chi connectivity index (χ1v) is 13.4. The van der Waals surface area contributed by atoms with Gasteiger partial charge in [0.2, 0.25) is 5.91 Å². The number of halogens is 3. The molecule has 0 bridgehead atoms. The number of amides is 2. The van der Waals surface area contributed by atoms with Crippen LogP contribution in [-0.2, 0) is 27.1 Å². The fourth-order valence-corrected chi connectivity index (χ4v) is 4.57. The molecule has 0 radical (unpaired) electrons. The molecule has 1 saturated heterocycles. The van der Waals surface area contributed by atoms with Crippen LogP contribution in [0.5, 0.6) is 0 Å². The number of aromatic nitrogens is 1. The average molecular weight is 574 g/mol. The molecule has 2 heterocycles. The van der Waals surface area contributed by atoms with Gasteiger partial charge >= 0.3 is 6.09 Å². The van der Waals surface area contributed by atoms with Crippen molar-refractivity contribution in [3.63, 3.8) is 0 Å². The Hall–Kier alpha value is -3.74. The van der Waals surface area contributed by atoms with Crippen molar-refractivity contribution >= 4 is 28.5 Å². The zero-order valence-electron chi connectivity index (χ0n) is 22.7. The highest BCUT2D eigenvalue weighted by Gasteiger charge is 2.25. The predicted octanol–water partition coefficient (Wildman–Crippen LogP) is 3.55. The molecular formula is C29H34F3N5O4. The number of morpholine rings is 1. The maximum absolute atomic E-state index is 14.7. The monoisotopic (exact) mass is 573 g/mol. The van der Waals surface area contributed by atoms with Crippen LogP contribution in [0.15, 0.2) is 54.9 Å². The summed E-state index contributed by atoms with van der Waals surface area (Å²) in [6, 6.07) is 12.5. The second kappa shape index (κ2) is 13.7. The number of carbonyl (C=O) groups excluding carboxylic acids is 2. The highest BCUT2D eigenvalue weighted by atomic mass is 19.3. The maximum atomic E-state index is 14.7. The van der Waals surface area contributed by atoms with E-state index in [1.54, 1.807) is 0 Å². The minimum absolute atomic E-state index is 0.0535. The number of benzene rings is 2. The molecule has 12 heteroatoms. The fourth-order valence-electron chi connectivity index (χ4n) is 4.57. The lowest BCUT2D eigenvalue weighted by Crippen LogP contribution is -2.49. The molecule has 0 saturated carbocycles. The van der Waals surface area contributed by atoms with Crippen molar-refractivity contribution in [1.82, 2.24) is 15.6 Å². The third-order valence-electron chi connectivity index (χ3n) is 6.76. The van der Waals surface area contributed by atoms with Crippen LogP contribution in [0.3, 0.4) is 0 Å². The zero-order chi connectivity index (χ0) is 29.4. The molecule has 2 amide bonds. The van der Waals surface area contributed by atoms with Crippen molar-refractivity contribution in [2.24, 2.45) is 5.73 Å². The van der Waals surface area contributed by atoms with Gasteiger partial charge in [0.05, 0.1) is 49.4 Å². The van der Waals surface area contributed by atoms with Crippen LogP contribution in [0.1, 0.15) is 24.5 Å². The van der Waals surface area contributed by atoms with Crippen LogP contribution in [-0.4, -0.2) is 67.4 Å². The Morgan fingerprint density at radius 3 is 2.76 bits per heavy atom.